The van der Waals surface area contributed by atoms with Crippen molar-refractivity contribution >= 4 is 26.0 Å². The van der Waals surface area contributed by atoms with Gasteiger partial charge in [0, 0.05) is 25.6 Å². The zero-order valence-corrected chi connectivity index (χ0v) is 13.9. The van der Waals surface area contributed by atoms with E-state index in [4.69, 9.17) is 9.47 Å². The number of ether oxygens (including phenoxy) is 2. The van der Waals surface area contributed by atoms with Crippen molar-refractivity contribution in [3.63, 3.8) is 0 Å². The Kier molecular flexibility index (Phi) is 8.32. The van der Waals surface area contributed by atoms with E-state index in [9.17, 15) is 8.42 Å². The Hall–Kier alpha value is -0.470. The van der Waals surface area contributed by atoms with Crippen LogP contribution in [0.2, 0.25) is 0 Å². The Morgan fingerprint density at radius 3 is 2.45 bits per heavy atom. The van der Waals surface area contributed by atoms with Gasteiger partial charge in [0.1, 0.15) is 0 Å². The van der Waals surface area contributed by atoms with Gasteiger partial charge in [-0.3, -0.25) is 0 Å². The molecule has 0 saturated carbocycles. The summed E-state index contributed by atoms with van der Waals surface area (Å²) >= 11 is 3.32. The maximum Gasteiger partial charge on any atom is 0.240 e. The number of nitrogens with one attached hydrogen (secondary N) is 1. The molecule has 5 nitrogen and oxygen atoms in total. The molecular formula is C13H20BrNO4S. The van der Waals surface area contributed by atoms with Crippen molar-refractivity contribution in [2.24, 2.45) is 0 Å². The van der Waals surface area contributed by atoms with Crippen LogP contribution >= 0.6 is 15.9 Å². The van der Waals surface area contributed by atoms with Gasteiger partial charge in [-0.1, -0.05) is 28.1 Å². The van der Waals surface area contributed by atoms with Gasteiger partial charge in [-0.25, -0.2) is 13.1 Å². The lowest BCUT2D eigenvalue weighted by atomic mass is 10.2. The number of halogens is 1. The fraction of sp³-hybridized carbons (Fsp3) is 0.538. The summed E-state index contributed by atoms with van der Waals surface area (Å²) in [7, 11) is -1.82. The minimum Gasteiger partial charge on any atom is -0.382 e. The minimum absolute atomic E-state index is 0.280. The number of alkyl halides is 1. The zero-order valence-electron chi connectivity index (χ0n) is 11.5. The average molecular weight is 366 g/mol. The molecule has 0 fully saturated rings. The quantitative estimate of drug-likeness (QED) is 0.508. The van der Waals surface area contributed by atoms with Crippen LogP contribution in [0, 0.1) is 0 Å². The Morgan fingerprint density at radius 2 is 1.85 bits per heavy atom. The normalized spacial score (nSPS) is 11.7. The van der Waals surface area contributed by atoms with Crippen molar-refractivity contribution in [3.05, 3.63) is 29.8 Å². The average Bonchev–Trinajstić information content (AvgIpc) is 2.46. The molecule has 0 spiro atoms. The highest BCUT2D eigenvalue weighted by Crippen LogP contribution is 2.12. The molecule has 0 heterocycles. The molecule has 0 bridgehead atoms. The van der Waals surface area contributed by atoms with Crippen LogP contribution in [0.4, 0.5) is 0 Å². The van der Waals surface area contributed by atoms with Gasteiger partial charge in [0.2, 0.25) is 10.0 Å². The van der Waals surface area contributed by atoms with Gasteiger partial charge in [0.15, 0.2) is 0 Å². The lowest BCUT2D eigenvalue weighted by molar-refractivity contribution is 0.0699. The molecule has 0 aliphatic rings. The summed E-state index contributed by atoms with van der Waals surface area (Å²) in [6.07, 6.45) is 0.627. The van der Waals surface area contributed by atoms with Crippen molar-refractivity contribution in [1.29, 1.82) is 0 Å². The highest BCUT2D eigenvalue weighted by Gasteiger charge is 2.12. The number of benzene rings is 1. The van der Waals surface area contributed by atoms with E-state index < -0.39 is 10.0 Å². The van der Waals surface area contributed by atoms with Crippen LogP contribution in [-0.4, -0.2) is 41.9 Å². The van der Waals surface area contributed by atoms with Crippen LogP contribution in [0.25, 0.3) is 0 Å². The van der Waals surface area contributed by atoms with E-state index in [1.165, 1.54) is 0 Å². The predicted molar refractivity (Wildman–Crippen MR) is 81.6 cm³/mol. The summed E-state index contributed by atoms with van der Waals surface area (Å²) in [5.74, 6) is 0. The van der Waals surface area contributed by atoms with Crippen LogP contribution in [-0.2, 0) is 24.8 Å². The molecule has 0 unspecified atom stereocenters. The van der Waals surface area contributed by atoms with E-state index in [2.05, 4.69) is 20.7 Å². The molecule has 114 valence electrons. The summed E-state index contributed by atoms with van der Waals surface area (Å²) in [6.45, 7) is 1.94. The van der Waals surface area contributed by atoms with Gasteiger partial charge in [-0.15, -0.1) is 0 Å². The van der Waals surface area contributed by atoms with Crippen molar-refractivity contribution in [2.75, 3.05) is 33.5 Å². The Morgan fingerprint density at radius 1 is 1.15 bits per heavy atom. The second-order valence-corrected chi connectivity index (χ2v) is 6.46. The molecule has 0 aliphatic carbocycles. The van der Waals surface area contributed by atoms with E-state index in [1.807, 2.05) is 0 Å². The van der Waals surface area contributed by atoms with E-state index >= 15 is 0 Å². The summed E-state index contributed by atoms with van der Waals surface area (Å²) in [6, 6.07) is 6.79. The number of hydrogen-bond acceptors (Lipinski definition) is 4. The molecular weight excluding hydrogens is 346 g/mol. The summed E-state index contributed by atoms with van der Waals surface area (Å²) < 4.78 is 36.6. The molecule has 0 amide bonds. The molecule has 20 heavy (non-hydrogen) atoms. The van der Waals surface area contributed by atoms with Gasteiger partial charge >= 0.3 is 0 Å². The standard InChI is InChI=1S/C13H20BrNO4S/c1-18-9-10-19-8-2-7-15-20(16,17)13-5-3-12(11-14)4-6-13/h3-6,15H,2,7-11H2,1H3. The molecule has 0 aromatic heterocycles. The van der Waals surface area contributed by atoms with E-state index in [0.717, 1.165) is 5.56 Å². The van der Waals surface area contributed by atoms with Gasteiger partial charge in [-0.2, -0.15) is 0 Å². The number of methoxy groups -OCH3 is 1. The molecule has 1 N–H and O–H groups in total. The first-order valence-electron chi connectivity index (χ1n) is 6.31. The van der Waals surface area contributed by atoms with Crippen LogP contribution in [0.5, 0.6) is 0 Å². The molecule has 7 heteroatoms. The van der Waals surface area contributed by atoms with Gasteiger partial charge < -0.3 is 9.47 Å². The van der Waals surface area contributed by atoms with Gasteiger partial charge in [0.25, 0.3) is 0 Å². The zero-order chi connectivity index (χ0) is 14.8. The second-order valence-electron chi connectivity index (χ2n) is 4.13. The maximum absolute atomic E-state index is 12.0. The molecule has 0 atom stereocenters. The van der Waals surface area contributed by atoms with E-state index in [0.29, 0.717) is 38.1 Å². The summed E-state index contributed by atoms with van der Waals surface area (Å²) in [5, 5.41) is 0.708. The Bertz CT molecular complexity index is 476. The monoisotopic (exact) mass is 365 g/mol. The Balaban J connectivity index is 2.33. The lowest BCUT2D eigenvalue weighted by Gasteiger charge is -2.07. The highest BCUT2D eigenvalue weighted by molar-refractivity contribution is 9.08. The van der Waals surface area contributed by atoms with Crippen molar-refractivity contribution in [2.45, 2.75) is 16.6 Å². The highest BCUT2D eigenvalue weighted by atomic mass is 79.9. The third kappa shape index (κ3) is 6.32. The van der Waals surface area contributed by atoms with E-state index in [-0.39, 0.29) is 4.90 Å². The Labute approximate surface area is 128 Å². The predicted octanol–water partition coefficient (Wildman–Crippen LogP) is 1.91. The first-order valence-corrected chi connectivity index (χ1v) is 8.92. The molecule has 1 aromatic rings. The minimum atomic E-state index is -3.43. The molecule has 1 rings (SSSR count). The number of rotatable bonds is 10. The number of hydrogen-bond donors (Lipinski definition) is 1. The number of sulfonamides is 1. The lowest BCUT2D eigenvalue weighted by Crippen LogP contribution is -2.25. The molecule has 1 aromatic carbocycles. The summed E-state index contributed by atoms with van der Waals surface area (Å²) in [4.78, 5) is 0.280. The first-order chi connectivity index (χ1) is 9.60. The fourth-order valence-corrected chi connectivity index (χ4v) is 2.91. The van der Waals surface area contributed by atoms with E-state index in [1.54, 1.807) is 31.4 Å². The smallest absolute Gasteiger partial charge is 0.240 e. The molecule has 0 saturated heterocycles. The van der Waals surface area contributed by atoms with Crippen LogP contribution in [0.3, 0.4) is 0 Å². The van der Waals surface area contributed by atoms with Gasteiger partial charge in [-0.05, 0) is 24.1 Å². The fourth-order valence-electron chi connectivity index (χ4n) is 1.47. The van der Waals surface area contributed by atoms with Crippen molar-refractivity contribution in [3.8, 4) is 0 Å². The summed E-state index contributed by atoms with van der Waals surface area (Å²) in [5.41, 5.74) is 1.04. The first kappa shape index (κ1) is 17.6. The van der Waals surface area contributed by atoms with Gasteiger partial charge in [0.05, 0.1) is 18.1 Å². The van der Waals surface area contributed by atoms with Crippen molar-refractivity contribution in [1.82, 2.24) is 4.72 Å². The second kappa shape index (κ2) is 9.46. The topological polar surface area (TPSA) is 64.6 Å². The third-order valence-electron chi connectivity index (χ3n) is 2.58. The molecule has 0 radical (unpaired) electrons. The SMILES string of the molecule is COCCOCCCNS(=O)(=O)c1ccc(CBr)cc1. The largest absolute Gasteiger partial charge is 0.382 e. The third-order valence-corrected chi connectivity index (χ3v) is 4.70. The van der Waals surface area contributed by atoms with Crippen LogP contribution in [0.1, 0.15) is 12.0 Å². The van der Waals surface area contributed by atoms with Crippen molar-refractivity contribution < 1.29 is 17.9 Å². The van der Waals surface area contributed by atoms with Crippen LogP contribution < -0.4 is 4.72 Å². The maximum atomic E-state index is 12.0. The van der Waals surface area contributed by atoms with Crippen LogP contribution in [0.15, 0.2) is 29.2 Å². The molecule has 0 aliphatic heterocycles.